The monoisotopic (exact) mass is 288 g/mol. The van der Waals surface area contributed by atoms with Crippen LogP contribution in [0.2, 0.25) is 0 Å². The summed E-state index contributed by atoms with van der Waals surface area (Å²) in [5.74, 6) is 0.245. The van der Waals surface area contributed by atoms with Gasteiger partial charge in [0.1, 0.15) is 5.75 Å². The van der Waals surface area contributed by atoms with Gasteiger partial charge in [-0.3, -0.25) is 0 Å². The molecule has 0 radical (unpaired) electrons. The van der Waals surface area contributed by atoms with Crippen LogP contribution in [-0.2, 0) is 0 Å². The quantitative estimate of drug-likeness (QED) is 0.744. The summed E-state index contributed by atoms with van der Waals surface area (Å²) in [6.45, 7) is 0. The van der Waals surface area contributed by atoms with Crippen LogP contribution in [0.25, 0.3) is 16.6 Å². The Hall–Kier alpha value is -1.81. The Morgan fingerprint density at radius 3 is 2.82 bits per heavy atom. The molecule has 2 aromatic carbocycles. The van der Waals surface area contributed by atoms with Crippen LogP contribution in [0.3, 0.4) is 0 Å². The van der Waals surface area contributed by atoms with Gasteiger partial charge >= 0.3 is 0 Å². The van der Waals surface area contributed by atoms with Crippen LogP contribution < -0.4 is 0 Å². The number of aromatic hydroxyl groups is 1. The van der Waals surface area contributed by atoms with Gasteiger partial charge in [-0.15, -0.1) is 0 Å². The average Bonchev–Trinajstić information content (AvgIpc) is 2.71. The minimum atomic E-state index is 0.245. The third-order valence-corrected chi connectivity index (χ3v) is 3.10. The molecule has 0 aliphatic carbocycles. The van der Waals surface area contributed by atoms with Crippen molar-refractivity contribution in [3.8, 4) is 11.4 Å². The molecule has 1 aromatic heterocycles. The molecule has 0 saturated carbocycles. The van der Waals surface area contributed by atoms with E-state index in [2.05, 4.69) is 21.0 Å². The number of hydrogen-bond acceptors (Lipinski definition) is 2. The van der Waals surface area contributed by atoms with Gasteiger partial charge in [-0.05, 0) is 30.3 Å². The molecule has 17 heavy (non-hydrogen) atoms. The van der Waals surface area contributed by atoms with Gasteiger partial charge in [0.15, 0.2) is 0 Å². The van der Waals surface area contributed by atoms with Crippen molar-refractivity contribution in [1.29, 1.82) is 0 Å². The summed E-state index contributed by atoms with van der Waals surface area (Å²) < 4.78 is 2.80. The second kappa shape index (κ2) is 3.89. The van der Waals surface area contributed by atoms with Crippen LogP contribution in [0.1, 0.15) is 0 Å². The SMILES string of the molecule is Oc1ccc2cnn(-c3cccc(Br)c3)c2c1. The van der Waals surface area contributed by atoms with Gasteiger partial charge in [-0.25, -0.2) is 4.68 Å². The minimum absolute atomic E-state index is 0.245. The summed E-state index contributed by atoms with van der Waals surface area (Å²) in [6.07, 6.45) is 1.79. The Morgan fingerprint density at radius 2 is 2.00 bits per heavy atom. The molecular weight excluding hydrogens is 280 g/mol. The first kappa shape index (κ1) is 10.4. The van der Waals surface area contributed by atoms with E-state index in [4.69, 9.17) is 0 Å². The highest BCUT2D eigenvalue weighted by Crippen LogP contribution is 2.23. The summed E-state index contributed by atoms with van der Waals surface area (Å²) in [5.41, 5.74) is 1.85. The van der Waals surface area contributed by atoms with E-state index in [1.54, 1.807) is 23.0 Å². The molecular formula is C13H9BrN2O. The standard InChI is InChI=1S/C13H9BrN2O/c14-10-2-1-3-11(6-10)16-13-7-12(17)5-4-9(13)8-15-16/h1-8,17H. The predicted octanol–water partition coefficient (Wildman–Crippen LogP) is 3.49. The normalized spacial score (nSPS) is 10.9. The highest BCUT2D eigenvalue weighted by molar-refractivity contribution is 9.10. The highest BCUT2D eigenvalue weighted by Gasteiger charge is 2.05. The van der Waals surface area contributed by atoms with E-state index in [0.717, 1.165) is 21.1 Å². The van der Waals surface area contributed by atoms with Gasteiger partial charge in [0.25, 0.3) is 0 Å². The van der Waals surface area contributed by atoms with Gasteiger partial charge in [-0.1, -0.05) is 22.0 Å². The lowest BCUT2D eigenvalue weighted by Crippen LogP contribution is -1.95. The number of hydrogen-bond donors (Lipinski definition) is 1. The maximum Gasteiger partial charge on any atom is 0.117 e. The molecule has 0 aliphatic rings. The fraction of sp³-hybridized carbons (Fsp3) is 0. The third kappa shape index (κ3) is 1.80. The van der Waals surface area contributed by atoms with Crippen molar-refractivity contribution in [3.63, 3.8) is 0 Å². The molecule has 1 heterocycles. The van der Waals surface area contributed by atoms with Crippen LogP contribution in [0.15, 0.2) is 53.1 Å². The van der Waals surface area contributed by atoms with E-state index in [0.29, 0.717) is 0 Å². The second-order valence-electron chi connectivity index (χ2n) is 3.78. The van der Waals surface area contributed by atoms with E-state index in [9.17, 15) is 5.11 Å². The lowest BCUT2D eigenvalue weighted by Gasteiger charge is -2.04. The first-order valence-electron chi connectivity index (χ1n) is 5.17. The third-order valence-electron chi connectivity index (χ3n) is 2.61. The first-order chi connectivity index (χ1) is 8.24. The Kier molecular flexibility index (Phi) is 2.37. The number of halogens is 1. The molecule has 0 amide bonds. The fourth-order valence-electron chi connectivity index (χ4n) is 1.82. The van der Waals surface area contributed by atoms with E-state index in [1.807, 2.05) is 30.3 Å². The Labute approximate surface area is 106 Å². The van der Waals surface area contributed by atoms with Gasteiger partial charge in [0.2, 0.25) is 0 Å². The molecule has 3 aromatic rings. The van der Waals surface area contributed by atoms with Gasteiger partial charge in [0.05, 0.1) is 17.4 Å². The minimum Gasteiger partial charge on any atom is -0.508 e. The molecule has 0 spiro atoms. The number of phenols is 1. The summed E-state index contributed by atoms with van der Waals surface area (Å²) in [6, 6.07) is 13.1. The van der Waals surface area contributed by atoms with Crippen molar-refractivity contribution in [2.75, 3.05) is 0 Å². The summed E-state index contributed by atoms with van der Waals surface area (Å²) in [4.78, 5) is 0. The number of phenolic OH excluding ortho intramolecular Hbond substituents is 1. The Bertz CT molecular complexity index is 691. The number of fused-ring (bicyclic) bond motifs is 1. The topological polar surface area (TPSA) is 38.1 Å². The van der Waals surface area contributed by atoms with Crippen LogP contribution >= 0.6 is 15.9 Å². The van der Waals surface area contributed by atoms with Crippen molar-refractivity contribution in [2.45, 2.75) is 0 Å². The summed E-state index contributed by atoms with van der Waals surface area (Å²) in [5, 5.41) is 14.9. The van der Waals surface area contributed by atoms with Crippen molar-refractivity contribution in [3.05, 3.63) is 53.1 Å². The van der Waals surface area contributed by atoms with E-state index in [1.165, 1.54) is 0 Å². The molecule has 0 aliphatic heterocycles. The van der Waals surface area contributed by atoms with Crippen molar-refractivity contribution in [1.82, 2.24) is 9.78 Å². The van der Waals surface area contributed by atoms with Crippen molar-refractivity contribution in [2.24, 2.45) is 0 Å². The zero-order chi connectivity index (χ0) is 11.8. The summed E-state index contributed by atoms with van der Waals surface area (Å²) in [7, 11) is 0. The zero-order valence-electron chi connectivity index (χ0n) is 8.84. The zero-order valence-corrected chi connectivity index (χ0v) is 10.4. The molecule has 1 N–H and O–H groups in total. The number of benzene rings is 2. The molecule has 84 valence electrons. The molecule has 4 heteroatoms. The predicted molar refractivity (Wildman–Crippen MR) is 70.4 cm³/mol. The smallest absolute Gasteiger partial charge is 0.117 e. The van der Waals surface area contributed by atoms with Crippen LogP contribution in [-0.4, -0.2) is 14.9 Å². The Morgan fingerprint density at radius 1 is 1.12 bits per heavy atom. The summed E-state index contributed by atoms with van der Waals surface area (Å²) >= 11 is 3.44. The number of nitrogens with zero attached hydrogens (tertiary/aromatic N) is 2. The van der Waals surface area contributed by atoms with Crippen molar-refractivity contribution >= 4 is 26.8 Å². The van der Waals surface area contributed by atoms with Gasteiger partial charge < -0.3 is 5.11 Å². The molecule has 3 rings (SSSR count). The van der Waals surface area contributed by atoms with E-state index in [-0.39, 0.29) is 5.75 Å². The maximum absolute atomic E-state index is 9.52. The lowest BCUT2D eigenvalue weighted by molar-refractivity contribution is 0.476. The van der Waals surface area contributed by atoms with Crippen LogP contribution in [0.4, 0.5) is 0 Å². The van der Waals surface area contributed by atoms with Crippen LogP contribution in [0, 0.1) is 0 Å². The van der Waals surface area contributed by atoms with Crippen LogP contribution in [0.5, 0.6) is 5.75 Å². The molecule has 0 unspecified atom stereocenters. The first-order valence-corrected chi connectivity index (χ1v) is 5.96. The van der Waals surface area contributed by atoms with Gasteiger partial charge in [0, 0.05) is 15.9 Å². The average molecular weight is 289 g/mol. The Balaban J connectivity index is 2.27. The van der Waals surface area contributed by atoms with Crippen molar-refractivity contribution < 1.29 is 5.11 Å². The maximum atomic E-state index is 9.52. The second-order valence-corrected chi connectivity index (χ2v) is 4.70. The molecule has 0 atom stereocenters. The fourth-order valence-corrected chi connectivity index (χ4v) is 2.21. The van der Waals surface area contributed by atoms with Gasteiger partial charge in [-0.2, -0.15) is 5.10 Å². The lowest BCUT2D eigenvalue weighted by atomic mass is 10.2. The highest BCUT2D eigenvalue weighted by atomic mass is 79.9. The largest absolute Gasteiger partial charge is 0.508 e. The molecule has 0 bridgehead atoms. The molecule has 0 fully saturated rings. The molecule has 0 saturated heterocycles. The van der Waals surface area contributed by atoms with E-state index < -0.39 is 0 Å². The number of rotatable bonds is 1. The molecule has 3 nitrogen and oxygen atoms in total. The van der Waals surface area contributed by atoms with E-state index >= 15 is 0 Å². The number of aromatic nitrogens is 2.